The van der Waals surface area contributed by atoms with Crippen molar-refractivity contribution in [2.24, 2.45) is 5.92 Å². The van der Waals surface area contributed by atoms with Crippen molar-refractivity contribution in [1.82, 2.24) is 20.3 Å². The molecule has 1 aromatic carbocycles. The summed E-state index contributed by atoms with van der Waals surface area (Å²) in [5, 5.41) is 6.35. The highest BCUT2D eigenvalue weighted by Crippen LogP contribution is 2.24. The van der Waals surface area contributed by atoms with Crippen LogP contribution in [0, 0.1) is 11.7 Å². The van der Waals surface area contributed by atoms with Crippen molar-refractivity contribution in [2.75, 3.05) is 0 Å². The van der Waals surface area contributed by atoms with E-state index in [1.807, 2.05) is 17.5 Å². The van der Waals surface area contributed by atoms with Gasteiger partial charge < -0.3 is 5.32 Å². The first-order valence-corrected chi connectivity index (χ1v) is 8.72. The van der Waals surface area contributed by atoms with Crippen molar-refractivity contribution in [3.05, 3.63) is 65.2 Å². The molecule has 0 saturated carbocycles. The van der Waals surface area contributed by atoms with Crippen molar-refractivity contribution >= 4 is 11.3 Å². The fourth-order valence-corrected chi connectivity index (χ4v) is 3.29. The molecule has 24 heavy (non-hydrogen) atoms. The molecule has 1 N–H and O–H groups in total. The molecule has 1 atom stereocenters. The third-order valence-electron chi connectivity index (χ3n) is 3.71. The number of nitrogens with zero attached hydrogens (tertiary/aromatic N) is 3. The monoisotopic (exact) mass is 342 g/mol. The normalized spacial score (nSPS) is 12.5. The minimum Gasteiger partial charge on any atom is -0.304 e. The standard InChI is InChI=1S/C18H19FN4S/c1-12(2)16(13-4-6-14(19)7-5-13)22-10-15-11-24-18(23-15)17-20-8-3-9-21-17/h3-9,11-12,16,22H,10H2,1-2H3. The molecule has 0 aliphatic heterocycles. The van der Waals surface area contributed by atoms with Gasteiger partial charge in [-0.15, -0.1) is 11.3 Å². The van der Waals surface area contributed by atoms with Gasteiger partial charge in [-0.05, 0) is 29.7 Å². The fraction of sp³-hybridized carbons (Fsp3) is 0.278. The topological polar surface area (TPSA) is 50.7 Å². The van der Waals surface area contributed by atoms with Crippen LogP contribution in [-0.4, -0.2) is 15.0 Å². The number of aromatic nitrogens is 3. The van der Waals surface area contributed by atoms with Crippen molar-refractivity contribution in [2.45, 2.75) is 26.4 Å². The van der Waals surface area contributed by atoms with Gasteiger partial charge in [0.2, 0.25) is 0 Å². The van der Waals surface area contributed by atoms with Crippen LogP contribution in [0.3, 0.4) is 0 Å². The first kappa shape index (κ1) is 16.7. The number of rotatable bonds is 6. The van der Waals surface area contributed by atoms with Crippen LogP contribution in [0.15, 0.2) is 48.1 Å². The molecule has 3 rings (SSSR count). The van der Waals surface area contributed by atoms with Gasteiger partial charge in [-0.2, -0.15) is 0 Å². The van der Waals surface area contributed by atoms with Crippen molar-refractivity contribution < 1.29 is 4.39 Å². The summed E-state index contributed by atoms with van der Waals surface area (Å²) in [4.78, 5) is 13.0. The molecule has 0 fully saturated rings. The average Bonchev–Trinajstić information content (AvgIpc) is 3.06. The molecule has 0 aliphatic rings. The predicted octanol–water partition coefficient (Wildman–Crippen LogP) is 4.23. The molecular weight excluding hydrogens is 323 g/mol. The highest BCUT2D eigenvalue weighted by molar-refractivity contribution is 7.13. The molecular formula is C18H19FN4S. The lowest BCUT2D eigenvalue weighted by molar-refractivity contribution is 0.408. The smallest absolute Gasteiger partial charge is 0.188 e. The zero-order chi connectivity index (χ0) is 16.9. The van der Waals surface area contributed by atoms with Crippen LogP contribution >= 0.6 is 11.3 Å². The first-order valence-electron chi connectivity index (χ1n) is 7.84. The van der Waals surface area contributed by atoms with Gasteiger partial charge in [-0.1, -0.05) is 26.0 Å². The van der Waals surface area contributed by atoms with Crippen LogP contribution in [-0.2, 0) is 6.54 Å². The first-order chi connectivity index (χ1) is 11.6. The summed E-state index contributed by atoms with van der Waals surface area (Å²) in [6, 6.07) is 8.59. The summed E-state index contributed by atoms with van der Waals surface area (Å²) in [5.41, 5.74) is 2.03. The summed E-state index contributed by atoms with van der Waals surface area (Å²) in [6.45, 7) is 4.93. The summed E-state index contributed by atoms with van der Waals surface area (Å²) in [5.74, 6) is 0.812. The predicted molar refractivity (Wildman–Crippen MR) is 94.0 cm³/mol. The molecule has 3 aromatic rings. The zero-order valence-electron chi connectivity index (χ0n) is 13.6. The van der Waals surface area contributed by atoms with E-state index in [4.69, 9.17) is 0 Å². The maximum atomic E-state index is 13.1. The van der Waals surface area contributed by atoms with Crippen LogP contribution in [0.4, 0.5) is 4.39 Å². The van der Waals surface area contributed by atoms with Gasteiger partial charge in [-0.3, -0.25) is 0 Å². The summed E-state index contributed by atoms with van der Waals surface area (Å²) >= 11 is 1.53. The molecule has 2 aromatic heterocycles. The van der Waals surface area contributed by atoms with Gasteiger partial charge in [0.15, 0.2) is 10.8 Å². The van der Waals surface area contributed by atoms with Crippen LogP contribution < -0.4 is 5.32 Å². The Kier molecular flexibility index (Phi) is 5.27. The average molecular weight is 342 g/mol. The number of thiazole rings is 1. The lowest BCUT2D eigenvalue weighted by Gasteiger charge is -2.22. The van der Waals surface area contributed by atoms with E-state index >= 15 is 0 Å². The number of halogens is 1. The van der Waals surface area contributed by atoms with Gasteiger partial charge in [0, 0.05) is 30.4 Å². The van der Waals surface area contributed by atoms with E-state index in [9.17, 15) is 4.39 Å². The molecule has 1 unspecified atom stereocenters. The van der Waals surface area contributed by atoms with E-state index < -0.39 is 0 Å². The minimum absolute atomic E-state index is 0.142. The second-order valence-corrected chi connectivity index (χ2v) is 6.73. The zero-order valence-corrected chi connectivity index (χ0v) is 14.4. The number of benzene rings is 1. The maximum Gasteiger partial charge on any atom is 0.188 e. The van der Waals surface area contributed by atoms with Crippen molar-refractivity contribution in [3.63, 3.8) is 0 Å². The van der Waals surface area contributed by atoms with E-state index in [0.29, 0.717) is 18.3 Å². The van der Waals surface area contributed by atoms with Crippen molar-refractivity contribution in [1.29, 1.82) is 0 Å². The van der Waals surface area contributed by atoms with E-state index in [-0.39, 0.29) is 11.9 Å². The second kappa shape index (κ2) is 7.59. The molecule has 0 radical (unpaired) electrons. The van der Waals surface area contributed by atoms with Crippen LogP contribution in [0.5, 0.6) is 0 Å². The Labute approximate surface area is 144 Å². The van der Waals surface area contributed by atoms with Gasteiger partial charge in [0.25, 0.3) is 0 Å². The quantitative estimate of drug-likeness (QED) is 0.728. The molecule has 4 nitrogen and oxygen atoms in total. The molecule has 0 amide bonds. The van der Waals surface area contributed by atoms with E-state index in [0.717, 1.165) is 16.3 Å². The molecule has 124 valence electrons. The Morgan fingerprint density at radius 1 is 1.12 bits per heavy atom. The Balaban J connectivity index is 1.69. The van der Waals surface area contributed by atoms with E-state index in [1.54, 1.807) is 18.5 Å². The minimum atomic E-state index is -0.215. The van der Waals surface area contributed by atoms with E-state index in [2.05, 4.69) is 34.1 Å². The Morgan fingerprint density at radius 2 is 1.83 bits per heavy atom. The molecule has 0 aliphatic carbocycles. The highest BCUT2D eigenvalue weighted by atomic mass is 32.1. The number of hydrogen-bond donors (Lipinski definition) is 1. The second-order valence-electron chi connectivity index (χ2n) is 5.87. The Bertz CT molecular complexity index is 771. The maximum absolute atomic E-state index is 13.1. The Hall–Kier alpha value is -2.18. The molecule has 2 heterocycles. The lowest BCUT2D eigenvalue weighted by Crippen LogP contribution is -2.25. The number of nitrogens with one attached hydrogen (secondary N) is 1. The largest absolute Gasteiger partial charge is 0.304 e. The number of hydrogen-bond acceptors (Lipinski definition) is 5. The van der Waals surface area contributed by atoms with Crippen LogP contribution in [0.1, 0.15) is 31.1 Å². The van der Waals surface area contributed by atoms with Crippen LogP contribution in [0.2, 0.25) is 0 Å². The van der Waals surface area contributed by atoms with Crippen molar-refractivity contribution in [3.8, 4) is 10.8 Å². The highest BCUT2D eigenvalue weighted by Gasteiger charge is 2.16. The van der Waals surface area contributed by atoms with E-state index in [1.165, 1.54) is 23.5 Å². The SMILES string of the molecule is CC(C)C(NCc1csc(-c2ncccn2)n1)c1ccc(F)cc1. The van der Waals surface area contributed by atoms with Gasteiger partial charge in [0.1, 0.15) is 5.82 Å². The lowest BCUT2D eigenvalue weighted by atomic mass is 9.96. The molecule has 6 heteroatoms. The summed E-state index contributed by atoms with van der Waals surface area (Å²) in [7, 11) is 0. The third kappa shape index (κ3) is 4.01. The third-order valence-corrected chi connectivity index (χ3v) is 4.59. The summed E-state index contributed by atoms with van der Waals surface area (Å²) in [6.07, 6.45) is 3.43. The van der Waals surface area contributed by atoms with Gasteiger partial charge in [-0.25, -0.2) is 19.3 Å². The van der Waals surface area contributed by atoms with Gasteiger partial charge in [0.05, 0.1) is 5.69 Å². The summed E-state index contributed by atoms with van der Waals surface area (Å²) < 4.78 is 13.1. The van der Waals surface area contributed by atoms with Gasteiger partial charge >= 0.3 is 0 Å². The molecule has 0 saturated heterocycles. The fourth-order valence-electron chi connectivity index (χ4n) is 2.52. The van der Waals surface area contributed by atoms with Crippen LogP contribution in [0.25, 0.3) is 10.8 Å². The molecule has 0 bridgehead atoms. The molecule has 0 spiro atoms. The Morgan fingerprint density at radius 3 is 2.50 bits per heavy atom.